The maximum atomic E-state index is 12.8. The number of carboxylic acid groups (broad SMARTS) is 1. The van der Waals surface area contributed by atoms with Gasteiger partial charge in [-0.1, -0.05) is 29.8 Å². The SMILES string of the molecule is Cc1ccc(CCC2CCN(C(=O)CN3C4CCC3C(C(=O)O)C4)CC2)cc1. The lowest BCUT2D eigenvalue weighted by Gasteiger charge is -2.34. The Labute approximate surface area is 167 Å². The number of nitrogens with zero attached hydrogens (tertiary/aromatic N) is 2. The third kappa shape index (κ3) is 4.09. The van der Waals surface area contributed by atoms with Crippen molar-refractivity contribution in [1.82, 2.24) is 9.80 Å². The predicted octanol–water partition coefficient (Wildman–Crippen LogP) is 3.10. The van der Waals surface area contributed by atoms with E-state index in [1.807, 2.05) is 4.90 Å². The van der Waals surface area contributed by atoms with Crippen molar-refractivity contribution in [1.29, 1.82) is 0 Å². The number of fused-ring (bicyclic) bond motifs is 2. The molecule has 0 spiro atoms. The lowest BCUT2D eigenvalue weighted by atomic mass is 9.89. The highest BCUT2D eigenvalue weighted by molar-refractivity contribution is 5.79. The van der Waals surface area contributed by atoms with Gasteiger partial charge in [0.2, 0.25) is 5.91 Å². The van der Waals surface area contributed by atoms with Crippen molar-refractivity contribution in [2.75, 3.05) is 19.6 Å². The number of hydrogen-bond acceptors (Lipinski definition) is 3. The maximum Gasteiger partial charge on any atom is 0.308 e. The van der Waals surface area contributed by atoms with Gasteiger partial charge in [-0.15, -0.1) is 0 Å². The number of piperidine rings is 1. The molecule has 0 saturated carbocycles. The van der Waals surface area contributed by atoms with Crippen molar-refractivity contribution in [2.24, 2.45) is 11.8 Å². The Balaban J connectivity index is 1.22. The summed E-state index contributed by atoms with van der Waals surface area (Å²) in [5.41, 5.74) is 2.71. The largest absolute Gasteiger partial charge is 0.481 e. The fraction of sp³-hybridized carbons (Fsp3) is 0.652. The number of benzene rings is 1. The Morgan fingerprint density at radius 2 is 1.79 bits per heavy atom. The third-order valence-electron chi connectivity index (χ3n) is 7.25. The molecule has 3 unspecified atom stereocenters. The minimum atomic E-state index is -0.695. The molecule has 1 aromatic carbocycles. The molecule has 1 aromatic rings. The number of rotatable bonds is 6. The molecule has 2 bridgehead atoms. The maximum absolute atomic E-state index is 12.8. The molecular weight excluding hydrogens is 352 g/mol. The molecule has 3 saturated heterocycles. The molecule has 3 aliphatic heterocycles. The number of hydrogen-bond donors (Lipinski definition) is 1. The summed E-state index contributed by atoms with van der Waals surface area (Å²) in [4.78, 5) is 28.4. The van der Waals surface area contributed by atoms with Crippen LogP contribution < -0.4 is 0 Å². The lowest BCUT2D eigenvalue weighted by Crippen LogP contribution is -2.46. The van der Waals surface area contributed by atoms with Gasteiger partial charge in [0.15, 0.2) is 0 Å². The standard InChI is InChI=1S/C23H32N2O3/c1-16-2-4-17(5-3-16)6-7-18-10-12-24(13-11-18)22(26)15-25-19-8-9-21(25)20(14-19)23(27)28/h2-5,18-21H,6-15H2,1H3,(H,27,28). The van der Waals surface area contributed by atoms with Gasteiger partial charge in [0.05, 0.1) is 12.5 Å². The molecule has 4 rings (SSSR count). The van der Waals surface area contributed by atoms with E-state index in [0.717, 1.165) is 45.2 Å². The molecule has 3 aliphatic rings. The van der Waals surface area contributed by atoms with Gasteiger partial charge < -0.3 is 10.0 Å². The minimum Gasteiger partial charge on any atom is -0.481 e. The average molecular weight is 385 g/mol. The van der Waals surface area contributed by atoms with E-state index in [1.165, 1.54) is 17.5 Å². The van der Waals surface area contributed by atoms with Crippen LogP contribution in [0.5, 0.6) is 0 Å². The van der Waals surface area contributed by atoms with Crippen molar-refractivity contribution in [3.63, 3.8) is 0 Å². The molecule has 3 atom stereocenters. The summed E-state index contributed by atoms with van der Waals surface area (Å²) >= 11 is 0. The number of likely N-dealkylation sites (tertiary alicyclic amines) is 1. The van der Waals surface area contributed by atoms with Gasteiger partial charge in [-0.25, -0.2) is 0 Å². The van der Waals surface area contributed by atoms with Gasteiger partial charge in [-0.3, -0.25) is 14.5 Å². The van der Waals surface area contributed by atoms with Gasteiger partial charge >= 0.3 is 5.97 Å². The van der Waals surface area contributed by atoms with Gasteiger partial charge in [0.1, 0.15) is 0 Å². The first kappa shape index (κ1) is 19.4. The monoisotopic (exact) mass is 384 g/mol. The highest BCUT2D eigenvalue weighted by Gasteiger charge is 2.49. The van der Waals surface area contributed by atoms with Crippen molar-refractivity contribution in [2.45, 2.75) is 64.0 Å². The first-order chi connectivity index (χ1) is 13.5. The molecule has 5 heteroatoms. The fourth-order valence-electron chi connectivity index (χ4n) is 5.47. The number of carbonyl (C=O) groups excluding carboxylic acids is 1. The second-order valence-electron chi connectivity index (χ2n) is 9.00. The molecule has 0 radical (unpaired) electrons. The molecule has 5 nitrogen and oxygen atoms in total. The molecule has 1 N–H and O–H groups in total. The average Bonchev–Trinajstić information content (AvgIpc) is 3.25. The molecular formula is C23H32N2O3. The van der Waals surface area contributed by atoms with Crippen LogP contribution in [0.4, 0.5) is 0 Å². The number of amides is 1. The summed E-state index contributed by atoms with van der Waals surface area (Å²) in [6, 6.07) is 9.17. The van der Waals surface area contributed by atoms with E-state index in [9.17, 15) is 14.7 Å². The van der Waals surface area contributed by atoms with Gasteiger partial charge in [-0.2, -0.15) is 0 Å². The van der Waals surface area contributed by atoms with Crippen molar-refractivity contribution in [3.05, 3.63) is 35.4 Å². The normalized spacial score (nSPS) is 28.0. The molecule has 28 heavy (non-hydrogen) atoms. The highest BCUT2D eigenvalue weighted by Crippen LogP contribution is 2.41. The van der Waals surface area contributed by atoms with E-state index in [0.29, 0.717) is 24.9 Å². The number of carbonyl (C=O) groups is 2. The Bertz CT molecular complexity index is 709. The Morgan fingerprint density at radius 1 is 1.07 bits per heavy atom. The molecule has 0 aliphatic carbocycles. The van der Waals surface area contributed by atoms with Crippen LogP contribution in [-0.2, 0) is 16.0 Å². The zero-order chi connectivity index (χ0) is 19.7. The van der Waals surface area contributed by atoms with Crippen LogP contribution in [-0.4, -0.2) is 58.5 Å². The topological polar surface area (TPSA) is 60.9 Å². The molecule has 0 aromatic heterocycles. The van der Waals surface area contributed by atoms with Crippen molar-refractivity contribution < 1.29 is 14.7 Å². The summed E-state index contributed by atoms with van der Waals surface area (Å²) < 4.78 is 0. The molecule has 3 fully saturated rings. The van der Waals surface area contributed by atoms with Crippen LogP contribution in [0.2, 0.25) is 0 Å². The van der Waals surface area contributed by atoms with E-state index in [-0.39, 0.29) is 17.9 Å². The minimum absolute atomic E-state index is 0.0681. The van der Waals surface area contributed by atoms with Crippen LogP contribution in [0.3, 0.4) is 0 Å². The summed E-state index contributed by atoms with van der Waals surface area (Å²) in [5.74, 6) is -0.0808. The first-order valence-corrected chi connectivity index (χ1v) is 10.8. The Morgan fingerprint density at radius 3 is 2.43 bits per heavy atom. The molecule has 3 heterocycles. The van der Waals surface area contributed by atoms with Crippen LogP contribution in [0.1, 0.15) is 49.7 Å². The van der Waals surface area contributed by atoms with E-state index in [4.69, 9.17) is 0 Å². The van der Waals surface area contributed by atoms with E-state index < -0.39 is 5.97 Å². The van der Waals surface area contributed by atoms with Crippen molar-refractivity contribution >= 4 is 11.9 Å². The van der Waals surface area contributed by atoms with E-state index in [2.05, 4.69) is 36.1 Å². The second-order valence-corrected chi connectivity index (χ2v) is 9.00. The predicted molar refractivity (Wildman–Crippen MR) is 108 cm³/mol. The number of carboxylic acids is 1. The van der Waals surface area contributed by atoms with Gasteiger partial charge in [0.25, 0.3) is 0 Å². The quantitative estimate of drug-likeness (QED) is 0.819. The fourth-order valence-corrected chi connectivity index (χ4v) is 5.47. The van der Waals surface area contributed by atoms with Crippen LogP contribution >= 0.6 is 0 Å². The molecule has 1 amide bonds. The van der Waals surface area contributed by atoms with Crippen molar-refractivity contribution in [3.8, 4) is 0 Å². The Hall–Kier alpha value is -1.88. The molecule has 152 valence electrons. The van der Waals surface area contributed by atoms with Crippen LogP contribution in [0.15, 0.2) is 24.3 Å². The first-order valence-electron chi connectivity index (χ1n) is 10.8. The lowest BCUT2D eigenvalue weighted by molar-refractivity contribution is -0.143. The summed E-state index contributed by atoms with van der Waals surface area (Å²) in [5, 5.41) is 9.39. The smallest absolute Gasteiger partial charge is 0.308 e. The van der Waals surface area contributed by atoms with Crippen LogP contribution in [0, 0.1) is 18.8 Å². The summed E-state index contributed by atoms with van der Waals surface area (Å²) in [7, 11) is 0. The third-order valence-corrected chi connectivity index (χ3v) is 7.25. The number of aryl methyl sites for hydroxylation is 2. The summed E-state index contributed by atoms with van der Waals surface area (Å²) in [6.07, 6.45) is 7.17. The van der Waals surface area contributed by atoms with Crippen LogP contribution in [0.25, 0.3) is 0 Å². The van der Waals surface area contributed by atoms with E-state index >= 15 is 0 Å². The van der Waals surface area contributed by atoms with Gasteiger partial charge in [-0.05, 0) is 63.4 Å². The van der Waals surface area contributed by atoms with E-state index in [1.54, 1.807) is 0 Å². The second kappa shape index (κ2) is 8.24. The van der Waals surface area contributed by atoms with Gasteiger partial charge in [0, 0.05) is 25.2 Å². The zero-order valence-corrected chi connectivity index (χ0v) is 16.8. The Kier molecular flexibility index (Phi) is 5.72. The zero-order valence-electron chi connectivity index (χ0n) is 16.8. The highest BCUT2D eigenvalue weighted by atomic mass is 16.4. The summed E-state index contributed by atoms with van der Waals surface area (Å²) in [6.45, 7) is 4.23. The number of aliphatic carboxylic acids is 1.